The Morgan fingerprint density at radius 2 is 1.89 bits per heavy atom. The van der Waals surface area contributed by atoms with Crippen molar-refractivity contribution in [1.82, 2.24) is 20.4 Å². The Kier molecular flexibility index (Phi) is 9.45. The SMILES string of the molecule is CC(C)OC(=O)N[C@H]1CCCCCC=C[C@@H]2C[C@@]2(C(=O)O)NC(=O)[C@@H]2C[C@@H](OC(=O)N3CCc4ccccc4C3)CN2C1=O. The largest absolute Gasteiger partial charge is 0.479 e. The molecule has 3 aliphatic heterocycles. The Morgan fingerprint density at radius 1 is 1.11 bits per heavy atom. The minimum atomic E-state index is -1.45. The van der Waals surface area contributed by atoms with Crippen LogP contribution in [-0.4, -0.2) is 87.8 Å². The minimum absolute atomic E-state index is 0.00705. The third-order valence-corrected chi connectivity index (χ3v) is 8.91. The van der Waals surface area contributed by atoms with Crippen LogP contribution in [0.5, 0.6) is 0 Å². The number of carbonyl (C=O) groups excluding carboxylic acids is 4. The molecule has 238 valence electrons. The molecule has 44 heavy (non-hydrogen) atoms. The molecule has 1 aromatic rings. The molecule has 4 amide bonds. The smallest absolute Gasteiger partial charge is 0.410 e. The van der Waals surface area contributed by atoms with Crippen molar-refractivity contribution in [1.29, 1.82) is 0 Å². The van der Waals surface area contributed by atoms with E-state index in [4.69, 9.17) is 9.47 Å². The van der Waals surface area contributed by atoms with Gasteiger partial charge in [-0.3, -0.25) is 9.59 Å². The zero-order valence-corrected chi connectivity index (χ0v) is 25.3. The van der Waals surface area contributed by atoms with E-state index in [2.05, 4.69) is 10.6 Å². The van der Waals surface area contributed by atoms with Gasteiger partial charge < -0.3 is 35.0 Å². The van der Waals surface area contributed by atoms with Crippen LogP contribution in [0.4, 0.5) is 9.59 Å². The summed E-state index contributed by atoms with van der Waals surface area (Å²) in [5.74, 6) is -2.61. The summed E-state index contributed by atoms with van der Waals surface area (Å²) in [6, 6.07) is 5.85. The molecule has 1 saturated carbocycles. The summed E-state index contributed by atoms with van der Waals surface area (Å²) < 4.78 is 11.1. The molecule has 1 aromatic carbocycles. The van der Waals surface area contributed by atoms with Crippen LogP contribution >= 0.6 is 0 Å². The number of nitrogens with one attached hydrogen (secondary N) is 2. The van der Waals surface area contributed by atoms with Crippen LogP contribution in [0.2, 0.25) is 0 Å². The predicted octanol–water partition coefficient (Wildman–Crippen LogP) is 3.13. The number of carboxylic acid groups (broad SMARTS) is 1. The highest BCUT2D eigenvalue weighted by Crippen LogP contribution is 2.45. The maximum atomic E-state index is 14.0. The Morgan fingerprint density at radius 3 is 2.64 bits per heavy atom. The van der Waals surface area contributed by atoms with Crippen molar-refractivity contribution in [2.45, 2.75) is 102 Å². The summed E-state index contributed by atoms with van der Waals surface area (Å²) in [7, 11) is 0. The number of hydrogen-bond acceptors (Lipinski definition) is 7. The zero-order chi connectivity index (χ0) is 31.4. The molecule has 12 heteroatoms. The number of hydrogen-bond donors (Lipinski definition) is 3. The first kappa shape index (κ1) is 31.3. The number of amides is 4. The van der Waals surface area contributed by atoms with E-state index in [1.165, 1.54) is 10.5 Å². The van der Waals surface area contributed by atoms with Gasteiger partial charge in [-0.2, -0.15) is 0 Å². The van der Waals surface area contributed by atoms with Crippen LogP contribution in [0.3, 0.4) is 0 Å². The van der Waals surface area contributed by atoms with Gasteiger partial charge in [0.05, 0.1) is 12.6 Å². The monoisotopic (exact) mass is 610 g/mol. The Hall–Kier alpha value is -4.09. The van der Waals surface area contributed by atoms with Crippen molar-refractivity contribution in [3.05, 3.63) is 47.5 Å². The molecular weight excluding hydrogens is 568 g/mol. The van der Waals surface area contributed by atoms with Gasteiger partial charge in [-0.15, -0.1) is 0 Å². The summed E-state index contributed by atoms with van der Waals surface area (Å²) in [6.07, 6.45) is 5.63. The average Bonchev–Trinajstić information content (AvgIpc) is 3.52. The molecule has 5 atom stereocenters. The maximum Gasteiger partial charge on any atom is 0.410 e. The normalized spacial score (nSPS) is 28.9. The van der Waals surface area contributed by atoms with Gasteiger partial charge in [0, 0.05) is 25.4 Å². The highest BCUT2D eigenvalue weighted by molar-refractivity contribution is 5.96. The quantitative estimate of drug-likeness (QED) is 0.440. The Bertz CT molecular complexity index is 1310. The number of fused-ring (bicyclic) bond motifs is 3. The number of rotatable bonds is 4. The fraction of sp³-hybridized carbons (Fsp3) is 0.594. The third kappa shape index (κ3) is 7.00. The molecule has 0 aromatic heterocycles. The van der Waals surface area contributed by atoms with Crippen molar-refractivity contribution >= 4 is 30.0 Å². The number of allylic oxidation sites excluding steroid dienone is 1. The van der Waals surface area contributed by atoms with Crippen LogP contribution < -0.4 is 10.6 Å². The van der Waals surface area contributed by atoms with Gasteiger partial charge in [0.15, 0.2) is 0 Å². The highest BCUT2D eigenvalue weighted by Gasteiger charge is 2.61. The van der Waals surface area contributed by atoms with Crippen molar-refractivity contribution in [2.24, 2.45) is 5.92 Å². The van der Waals surface area contributed by atoms with E-state index in [0.29, 0.717) is 32.4 Å². The molecule has 12 nitrogen and oxygen atoms in total. The molecule has 5 rings (SSSR count). The summed E-state index contributed by atoms with van der Waals surface area (Å²) in [6.45, 7) is 4.22. The Balaban J connectivity index is 1.36. The van der Waals surface area contributed by atoms with E-state index < -0.39 is 59.8 Å². The summed E-state index contributed by atoms with van der Waals surface area (Å²) in [5, 5.41) is 15.4. The lowest BCUT2D eigenvalue weighted by Gasteiger charge is -2.30. The van der Waals surface area contributed by atoms with E-state index in [9.17, 15) is 29.1 Å². The average molecular weight is 611 g/mol. The van der Waals surface area contributed by atoms with Crippen LogP contribution in [0.25, 0.3) is 0 Å². The van der Waals surface area contributed by atoms with Gasteiger partial charge in [-0.1, -0.05) is 49.3 Å². The molecule has 3 N–H and O–H groups in total. The fourth-order valence-corrected chi connectivity index (χ4v) is 6.41. The van der Waals surface area contributed by atoms with Crippen molar-refractivity contribution in [3.63, 3.8) is 0 Å². The van der Waals surface area contributed by atoms with Crippen LogP contribution in [0.15, 0.2) is 36.4 Å². The first-order chi connectivity index (χ1) is 21.1. The van der Waals surface area contributed by atoms with Crippen molar-refractivity contribution in [2.75, 3.05) is 13.1 Å². The lowest BCUT2D eigenvalue weighted by molar-refractivity contribution is -0.145. The maximum absolute atomic E-state index is 14.0. The first-order valence-electron chi connectivity index (χ1n) is 15.6. The topological polar surface area (TPSA) is 155 Å². The van der Waals surface area contributed by atoms with E-state index in [1.807, 2.05) is 36.4 Å². The number of benzene rings is 1. The lowest BCUT2D eigenvalue weighted by Crippen LogP contribution is -2.56. The minimum Gasteiger partial charge on any atom is -0.479 e. The molecule has 2 fully saturated rings. The number of alkyl carbamates (subject to hydrolysis) is 1. The second kappa shape index (κ2) is 13.3. The molecule has 0 radical (unpaired) electrons. The van der Waals surface area contributed by atoms with E-state index >= 15 is 0 Å². The standard InChI is InChI=1S/C32H42N4O8/c1-20(2)43-30(41)33-25-13-7-5-3-4-6-12-23-17-32(23,29(39)40)34-27(37)26-16-24(19-36(26)28(25)38)44-31(42)35-15-14-21-10-8-9-11-22(21)18-35/h6,8-12,20,23-26H,3-5,7,13-19H2,1-2H3,(H,33,41)(H,34,37)(H,39,40)/t23-,24-,25+,26+,32-/m1/s1. The van der Waals surface area contributed by atoms with Crippen LogP contribution in [-0.2, 0) is 36.8 Å². The van der Waals surface area contributed by atoms with Gasteiger partial charge in [0.1, 0.15) is 23.7 Å². The van der Waals surface area contributed by atoms with E-state index in [1.54, 1.807) is 18.7 Å². The third-order valence-electron chi connectivity index (χ3n) is 8.91. The first-order valence-corrected chi connectivity index (χ1v) is 15.6. The molecule has 0 unspecified atom stereocenters. The second-order valence-corrected chi connectivity index (χ2v) is 12.5. The zero-order valence-electron chi connectivity index (χ0n) is 25.3. The van der Waals surface area contributed by atoms with E-state index in [0.717, 1.165) is 24.8 Å². The van der Waals surface area contributed by atoms with Gasteiger partial charge in [-0.05, 0) is 57.1 Å². The highest BCUT2D eigenvalue weighted by atomic mass is 16.6. The molecule has 3 heterocycles. The lowest BCUT2D eigenvalue weighted by atomic mass is 10.0. The number of aliphatic carboxylic acids is 1. The Labute approximate surface area is 257 Å². The molecule has 4 aliphatic rings. The number of ether oxygens (including phenoxy) is 2. The van der Waals surface area contributed by atoms with Crippen molar-refractivity contribution in [3.8, 4) is 0 Å². The van der Waals surface area contributed by atoms with Gasteiger partial charge in [0.25, 0.3) is 0 Å². The summed E-state index contributed by atoms with van der Waals surface area (Å²) in [4.78, 5) is 68.7. The van der Waals surface area contributed by atoms with E-state index in [-0.39, 0.29) is 25.3 Å². The molecule has 0 spiro atoms. The predicted molar refractivity (Wildman–Crippen MR) is 158 cm³/mol. The van der Waals surface area contributed by atoms with Gasteiger partial charge in [-0.25, -0.2) is 14.4 Å². The molecular formula is C32H42N4O8. The van der Waals surface area contributed by atoms with Gasteiger partial charge in [0.2, 0.25) is 11.8 Å². The summed E-state index contributed by atoms with van der Waals surface area (Å²) in [5.41, 5.74) is 0.774. The van der Waals surface area contributed by atoms with Crippen LogP contribution in [0, 0.1) is 5.92 Å². The number of nitrogens with zero attached hydrogens (tertiary/aromatic N) is 2. The van der Waals surface area contributed by atoms with Gasteiger partial charge >= 0.3 is 18.2 Å². The second-order valence-electron chi connectivity index (χ2n) is 12.5. The molecule has 1 saturated heterocycles. The molecule has 0 bridgehead atoms. The van der Waals surface area contributed by atoms with Crippen molar-refractivity contribution < 1.29 is 38.6 Å². The summed E-state index contributed by atoms with van der Waals surface area (Å²) >= 11 is 0. The number of carboxylic acids is 1. The molecule has 1 aliphatic carbocycles. The van der Waals surface area contributed by atoms with Crippen LogP contribution in [0.1, 0.15) is 69.9 Å². The number of carbonyl (C=O) groups is 5. The fourth-order valence-electron chi connectivity index (χ4n) is 6.41.